The van der Waals surface area contributed by atoms with Crippen LogP contribution < -0.4 is 15.4 Å². The predicted octanol–water partition coefficient (Wildman–Crippen LogP) is 0.449. The third-order valence-corrected chi connectivity index (χ3v) is 5.38. The van der Waals surface area contributed by atoms with Gasteiger partial charge in [0.15, 0.2) is 0 Å². The molecule has 0 saturated carbocycles. The molecule has 32 heavy (non-hydrogen) atoms. The molecule has 0 aliphatic carbocycles. The average Bonchev–Trinajstić information content (AvgIpc) is 3.08. The molecule has 172 valence electrons. The van der Waals surface area contributed by atoms with Crippen molar-refractivity contribution >= 4 is 17.6 Å². The standard InChI is InChI=1S/C22H27N3O7/c1-24(2)15-8-13(7-14(9-15)22(29)30)16-6-4-5-12(20(16)31-3)10-25-18(21(23)28)19(27)17(11-26)32-25/h4-9,17-19,26-27H,10-11H2,1-3H3,(H2,23,28)(H,29,30)/t17?,18-,19+/m0/s1. The van der Waals surface area contributed by atoms with Gasteiger partial charge in [-0.05, 0) is 23.8 Å². The van der Waals surface area contributed by atoms with Gasteiger partial charge in [0.05, 0.1) is 25.8 Å². The van der Waals surface area contributed by atoms with Gasteiger partial charge < -0.3 is 30.7 Å². The summed E-state index contributed by atoms with van der Waals surface area (Å²) in [6.45, 7) is -0.439. The number of nitrogens with zero attached hydrogens (tertiary/aromatic N) is 2. The molecule has 0 radical (unpaired) electrons. The molecule has 1 unspecified atom stereocenters. The van der Waals surface area contributed by atoms with Crippen LogP contribution in [0.1, 0.15) is 15.9 Å². The van der Waals surface area contributed by atoms with Crippen LogP contribution in [0.25, 0.3) is 11.1 Å². The van der Waals surface area contributed by atoms with Gasteiger partial charge in [-0.2, -0.15) is 5.06 Å². The van der Waals surface area contributed by atoms with E-state index in [1.807, 2.05) is 20.2 Å². The molecule has 1 fully saturated rings. The van der Waals surface area contributed by atoms with Crippen LogP contribution in [-0.2, 0) is 16.2 Å². The van der Waals surface area contributed by atoms with Crippen molar-refractivity contribution in [2.24, 2.45) is 5.73 Å². The van der Waals surface area contributed by atoms with E-state index in [1.54, 1.807) is 35.2 Å². The van der Waals surface area contributed by atoms with Gasteiger partial charge in [0.25, 0.3) is 0 Å². The number of aliphatic hydroxyl groups excluding tert-OH is 2. The number of carbonyl (C=O) groups is 2. The quantitative estimate of drug-likeness (QED) is 0.455. The second-order valence-electron chi connectivity index (χ2n) is 7.71. The molecular weight excluding hydrogens is 418 g/mol. The number of nitrogens with two attached hydrogens (primary N) is 1. The third kappa shape index (κ3) is 4.53. The van der Waals surface area contributed by atoms with Crippen molar-refractivity contribution in [3.05, 3.63) is 47.5 Å². The SMILES string of the molecule is COc1c(CN2OC(CO)[C@@H](O)[C@H]2C(N)=O)cccc1-c1cc(C(=O)O)cc(N(C)C)c1. The van der Waals surface area contributed by atoms with Crippen molar-refractivity contribution < 1.29 is 34.5 Å². The van der Waals surface area contributed by atoms with Crippen molar-refractivity contribution in [3.63, 3.8) is 0 Å². The Bertz CT molecular complexity index is 1010. The molecule has 5 N–H and O–H groups in total. The molecule has 2 aromatic rings. The van der Waals surface area contributed by atoms with E-state index in [4.69, 9.17) is 15.3 Å². The van der Waals surface area contributed by atoms with Crippen molar-refractivity contribution in [1.29, 1.82) is 0 Å². The first kappa shape index (κ1) is 23.5. The number of primary amides is 1. The number of aliphatic hydroxyl groups is 2. The molecule has 10 heteroatoms. The fourth-order valence-corrected chi connectivity index (χ4v) is 3.76. The molecule has 2 aromatic carbocycles. The number of carbonyl (C=O) groups excluding carboxylic acids is 1. The predicted molar refractivity (Wildman–Crippen MR) is 116 cm³/mol. The summed E-state index contributed by atoms with van der Waals surface area (Å²) in [6.07, 6.45) is -2.25. The lowest BCUT2D eigenvalue weighted by Gasteiger charge is -2.23. The summed E-state index contributed by atoms with van der Waals surface area (Å²) < 4.78 is 5.65. The number of rotatable bonds is 8. The van der Waals surface area contributed by atoms with E-state index in [0.29, 0.717) is 28.1 Å². The van der Waals surface area contributed by atoms with E-state index in [1.165, 1.54) is 12.2 Å². The van der Waals surface area contributed by atoms with Crippen LogP contribution in [-0.4, -0.2) is 78.3 Å². The van der Waals surface area contributed by atoms with E-state index in [0.717, 1.165) is 0 Å². The highest BCUT2D eigenvalue weighted by molar-refractivity contribution is 5.92. The molecule has 3 rings (SSSR count). The summed E-state index contributed by atoms with van der Waals surface area (Å²) in [6, 6.07) is 9.16. The van der Waals surface area contributed by atoms with Crippen LogP contribution >= 0.6 is 0 Å². The summed E-state index contributed by atoms with van der Waals surface area (Å²) >= 11 is 0. The maximum Gasteiger partial charge on any atom is 0.335 e. The highest BCUT2D eigenvalue weighted by atomic mass is 16.7. The van der Waals surface area contributed by atoms with Crippen molar-refractivity contribution in [1.82, 2.24) is 5.06 Å². The van der Waals surface area contributed by atoms with E-state index in [2.05, 4.69) is 0 Å². The first-order valence-corrected chi connectivity index (χ1v) is 9.91. The molecule has 1 amide bonds. The number of methoxy groups -OCH3 is 1. The summed E-state index contributed by atoms with van der Waals surface area (Å²) in [5, 5.41) is 30.4. The Morgan fingerprint density at radius 3 is 2.53 bits per heavy atom. The number of anilines is 1. The lowest BCUT2D eigenvalue weighted by atomic mass is 9.98. The highest BCUT2D eigenvalue weighted by Gasteiger charge is 2.45. The number of hydroxylamine groups is 2. The molecule has 0 spiro atoms. The Kier molecular flexibility index (Phi) is 6.99. The maximum absolute atomic E-state index is 11.9. The molecular formula is C22H27N3O7. The number of carboxylic acid groups (broad SMARTS) is 1. The Morgan fingerprint density at radius 2 is 1.97 bits per heavy atom. The number of hydrogen-bond donors (Lipinski definition) is 4. The maximum atomic E-state index is 11.9. The zero-order valence-corrected chi connectivity index (χ0v) is 18.1. The van der Waals surface area contributed by atoms with Gasteiger partial charge in [0.1, 0.15) is 24.0 Å². The fourth-order valence-electron chi connectivity index (χ4n) is 3.76. The average molecular weight is 445 g/mol. The van der Waals surface area contributed by atoms with E-state index < -0.39 is 36.7 Å². The lowest BCUT2D eigenvalue weighted by Crippen LogP contribution is -2.46. The Labute approximate surface area is 185 Å². The van der Waals surface area contributed by atoms with Crippen molar-refractivity contribution in [2.45, 2.75) is 24.8 Å². The van der Waals surface area contributed by atoms with Gasteiger partial charge in [0.2, 0.25) is 5.91 Å². The minimum atomic E-state index is -1.28. The molecule has 10 nitrogen and oxygen atoms in total. The number of ether oxygens (including phenoxy) is 1. The van der Waals surface area contributed by atoms with Gasteiger partial charge in [-0.1, -0.05) is 18.2 Å². The number of amides is 1. The Hall–Kier alpha value is -3.18. The fraction of sp³-hybridized carbons (Fsp3) is 0.364. The van der Waals surface area contributed by atoms with E-state index in [-0.39, 0.29) is 12.1 Å². The van der Waals surface area contributed by atoms with Crippen LogP contribution in [0.5, 0.6) is 5.75 Å². The number of aromatic carboxylic acids is 1. The highest BCUT2D eigenvalue weighted by Crippen LogP contribution is 2.37. The van der Waals surface area contributed by atoms with Crippen LogP contribution in [0.3, 0.4) is 0 Å². The van der Waals surface area contributed by atoms with Gasteiger partial charge in [-0.25, -0.2) is 4.79 Å². The second-order valence-corrected chi connectivity index (χ2v) is 7.71. The van der Waals surface area contributed by atoms with Gasteiger partial charge in [-0.15, -0.1) is 0 Å². The molecule has 1 aliphatic rings. The summed E-state index contributed by atoms with van der Waals surface area (Å²) in [5.41, 5.74) is 8.17. The number of para-hydroxylation sites is 1. The van der Waals surface area contributed by atoms with Crippen LogP contribution in [0.4, 0.5) is 5.69 Å². The smallest absolute Gasteiger partial charge is 0.335 e. The third-order valence-electron chi connectivity index (χ3n) is 5.38. The number of carboxylic acids is 1. The minimum Gasteiger partial charge on any atom is -0.496 e. The zero-order chi connectivity index (χ0) is 23.6. The monoisotopic (exact) mass is 445 g/mol. The van der Waals surface area contributed by atoms with Crippen LogP contribution in [0.2, 0.25) is 0 Å². The van der Waals surface area contributed by atoms with Crippen LogP contribution in [0, 0.1) is 0 Å². The Balaban J connectivity index is 2.04. The van der Waals surface area contributed by atoms with Gasteiger partial charge in [0, 0.05) is 30.9 Å². The Morgan fingerprint density at radius 1 is 1.25 bits per heavy atom. The van der Waals surface area contributed by atoms with Crippen molar-refractivity contribution in [3.8, 4) is 16.9 Å². The normalized spacial score (nSPS) is 20.8. The molecule has 1 heterocycles. The molecule has 0 bridgehead atoms. The summed E-state index contributed by atoms with van der Waals surface area (Å²) in [7, 11) is 5.12. The number of benzene rings is 2. The van der Waals surface area contributed by atoms with Gasteiger partial charge >= 0.3 is 5.97 Å². The number of hydrogen-bond acceptors (Lipinski definition) is 8. The summed E-state index contributed by atoms with van der Waals surface area (Å²) in [4.78, 5) is 30.9. The first-order chi connectivity index (χ1) is 15.2. The summed E-state index contributed by atoms with van der Waals surface area (Å²) in [5.74, 6) is -1.38. The van der Waals surface area contributed by atoms with E-state index >= 15 is 0 Å². The van der Waals surface area contributed by atoms with Crippen molar-refractivity contribution in [2.75, 3.05) is 32.7 Å². The lowest BCUT2D eigenvalue weighted by molar-refractivity contribution is -0.181. The molecule has 0 aromatic heterocycles. The minimum absolute atomic E-state index is 0.0390. The topological polar surface area (TPSA) is 146 Å². The zero-order valence-electron chi connectivity index (χ0n) is 18.1. The largest absolute Gasteiger partial charge is 0.496 e. The van der Waals surface area contributed by atoms with Gasteiger partial charge in [-0.3, -0.25) is 9.63 Å². The second kappa shape index (κ2) is 9.53. The molecule has 1 aliphatic heterocycles. The first-order valence-electron chi connectivity index (χ1n) is 9.91. The van der Waals surface area contributed by atoms with E-state index in [9.17, 15) is 24.9 Å². The van der Waals surface area contributed by atoms with Crippen LogP contribution in [0.15, 0.2) is 36.4 Å². The molecule has 1 saturated heterocycles. The molecule has 3 atom stereocenters.